The lowest BCUT2D eigenvalue weighted by Crippen LogP contribution is -2.18. The zero-order valence-electron chi connectivity index (χ0n) is 15.7. The number of benzene rings is 2. The molecular formula is C21H13F3N6O. The average Bonchev–Trinajstić information content (AvgIpc) is 3.37. The fraction of sp³-hybridized carbons (Fsp3) is 0.0476. The highest BCUT2D eigenvalue weighted by atomic mass is 19.4. The van der Waals surface area contributed by atoms with E-state index in [1.807, 2.05) is 0 Å². The standard InChI is InChI=1S/C21H13F3N6O/c22-21(23,24)17-9-8-16-18(28-17)30(14-6-7-15-12(10-14)11-25-29-15)19(27-16)20(31)26-13-4-2-1-3-5-13/h1-11H,(H,25,29)(H,26,31). The summed E-state index contributed by atoms with van der Waals surface area (Å²) in [4.78, 5) is 21.1. The number of halogens is 3. The Morgan fingerprint density at radius 2 is 1.81 bits per heavy atom. The summed E-state index contributed by atoms with van der Waals surface area (Å²) < 4.78 is 41.2. The number of rotatable bonds is 3. The van der Waals surface area contributed by atoms with Crippen molar-refractivity contribution < 1.29 is 18.0 Å². The van der Waals surface area contributed by atoms with Gasteiger partial charge >= 0.3 is 6.18 Å². The van der Waals surface area contributed by atoms with Crippen molar-refractivity contribution >= 4 is 33.7 Å². The Hall–Kier alpha value is -4.21. The van der Waals surface area contributed by atoms with E-state index in [1.54, 1.807) is 54.7 Å². The fourth-order valence-corrected chi connectivity index (χ4v) is 3.29. The normalized spacial score (nSPS) is 11.8. The summed E-state index contributed by atoms with van der Waals surface area (Å²) in [5.41, 5.74) is 0.726. The molecule has 0 bridgehead atoms. The first-order valence-electron chi connectivity index (χ1n) is 9.17. The molecule has 31 heavy (non-hydrogen) atoms. The molecule has 0 atom stereocenters. The molecule has 1 amide bonds. The van der Waals surface area contributed by atoms with Gasteiger partial charge < -0.3 is 5.32 Å². The average molecular weight is 422 g/mol. The molecule has 0 aliphatic carbocycles. The van der Waals surface area contributed by atoms with E-state index in [0.29, 0.717) is 11.4 Å². The van der Waals surface area contributed by atoms with Crippen molar-refractivity contribution in [1.82, 2.24) is 24.7 Å². The predicted octanol–water partition coefficient (Wildman–Crippen LogP) is 4.57. The van der Waals surface area contributed by atoms with Crippen molar-refractivity contribution in [3.05, 3.63) is 78.4 Å². The van der Waals surface area contributed by atoms with Crippen LogP contribution in [-0.4, -0.2) is 30.6 Å². The number of carbonyl (C=O) groups excluding carboxylic acids is 1. The highest BCUT2D eigenvalue weighted by molar-refractivity contribution is 6.04. The number of amides is 1. The Balaban J connectivity index is 1.72. The van der Waals surface area contributed by atoms with Gasteiger partial charge in [-0.1, -0.05) is 18.2 Å². The minimum absolute atomic E-state index is 0.0733. The molecule has 2 N–H and O–H groups in total. The van der Waals surface area contributed by atoms with Crippen molar-refractivity contribution in [3.63, 3.8) is 0 Å². The van der Waals surface area contributed by atoms with E-state index >= 15 is 0 Å². The Bertz CT molecular complexity index is 1420. The summed E-state index contributed by atoms with van der Waals surface area (Å²) in [6.45, 7) is 0. The molecule has 3 aromatic heterocycles. The molecule has 0 saturated heterocycles. The molecule has 0 radical (unpaired) electrons. The Morgan fingerprint density at radius 3 is 2.58 bits per heavy atom. The van der Waals surface area contributed by atoms with Crippen LogP contribution in [0, 0.1) is 0 Å². The van der Waals surface area contributed by atoms with E-state index < -0.39 is 17.8 Å². The summed E-state index contributed by atoms with van der Waals surface area (Å²) >= 11 is 0. The number of aromatic nitrogens is 5. The number of pyridine rings is 1. The molecule has 0 unspecified atom stereocenters. The second kappa shape index (κ2) is 6.94. The summed E-state index contributed by atoms with van der Waals surface area (Å²) in [6, 6.07) is 15.8. The molecular weight excluding hydrogens is 409 g/mol. The summed E-state index contributed by atoms with van der Waals surface area (Å²) in [7, 11) is 0. The van der Waals surface area contributed by atoms with Crippen LogP contribution >= 0.6 is 0 Å². The van der Waals surface area contributed by atoms with Crippen LogP contribution in [0.4, 0.5) is 18.9 Å². The van der Waals surface area contributed by atoms with Crippen LogP contribution in [0.5, 0.6) is 0 Å². The number of nitrogens with one attached hydrogen (secondary N) is 2. The Labute approximate surface area is 172 Å². The summed E-state index contributed by atoms with van der Waals surface area (Å²) in [5, 5.41) is 10.2. The molecule has 154 valence electrons. The van der Waals surface area contributed by atoms with Gasteiger partial charge in [0.05, 0.1) is 17.4 Å². The molecule has 0 aliphatic heterocycles. The van der Waals surface area contributed by atoms with Crippen molar-refractivity contribution in [2.45, 2.75) is 6.18 Å². The van der Waals surface area contributed by atoms with Gasteiger partial charge in [-0.15, -0.1) is 0 Å². The van der Waals surface area contributed by atoms with Gasteiger partial charge in [0.2, 0.25) is 5.82 Å². The van der Waals surface area contributed by atoms with Gasteiger partial charge in [0, 0.05) is 11.1 Å². The topological polar surface area (TPSA) is 88.5 Å². The number of alkyl halides is 3. The van der Waals surface area contributed by atoms with Crippen molar-refractivity contribution in [2.24, 2.45) is 0 Å². The third kappa shape index (κ3) is 3.37. The van der Waals surface area contributed by atoms with E-state index in [-0.39, 0.29) is 17.0 Å². The lowest BCUT2D eigenvalue weighted by atomic mass is 10.2. The monoisotopic (exact) mass is 422 g/mol. The number of carbonyl (C=O) groups is 1. The number of imidazole rings is 1. The van der Waals surface area contributed by atoms with Gasteiger partial charge in [0.25, 0.3) is 5.91 Å². The molecule has 5 rings (SSSR count). The Morgan fingerprint density at radius 1 is 1.00 bits per heavy atom. The molecule has 0 spiro atoms. The van der Waals surface area contributed by atoms with Gasteiger partial charge in [-0.25, -0.2) is 9.97 Å². The molecule has 2 aromatic carbocycles. The number of fused-ring (bicyclic) bond motifs is 2. The van der Waals surface area contributed by atoms with Gasteiger partial charge in [-0.05, 0) is 42.5 Å². The first-order chi connectivity index (χ1) is 14.9. The van der Waals surface area contributed by atoms with E-state index in [9.17, 15) is 18.0 Å². The number of hydrogen-bond donors (Lipinski definition) is 2. The van der Waals surface area contributed by atoms with E-state index in [0.717, 1.165) is 17.0 Å². The third-order valence-corrected chi connectivity index (χ3v) is 4.71. The summed E-state index contributed by atoms with van der Waals surface area (Å²) in [5.74, 6) is -0.668. The molecule has 0 fully saturated rings. The number of hydrogen-bond acceptors (Lipinski definition) is 4. The SMILES string of the molecule is O=C(Nc1ccccc1)c1nc2ccc(C(F)(F)F)nc2n1-c1ccc2[nH]ncc2c1. The van der Waals surface area contributed by atoms with Crippen LogP contribution in [0.1, 0.15) is 16.3 Å². The lowest BCUT2D eigenvalue weighted by molar-refractivity contribution is -0.141. The van der Waals surface area contributed by atoms with E-state index in [4.69, 9.17) is 0 Å². The maximum atomic E-state index is 13.3. The van der Waals surface area contributed by atoms with Crippen LogP contribution in [0.25, 0.3) is 27.8 Å². The van der Waals surface area contributed by atoms with Crippen molar-refractivity contribution in [2.75, 3.05) is 5.32 Å². The lowest BCUT2D eigenvalue weighted by Gasteiger charge is -2.11. The van der Waals surface area contributed by atoms with E-state index in [1.165, 1.54) is 10.6 Å². The van der Waals surface area contributed by atoms with Gasteiger partial charge in [0.15, 0.2) is 5.65 Å². The maximum absolute atomic E-state index is 13.3. The number of nitrogens with zero attached hydrogens (tertiary/aromatic N) is 4. The number of para-hydroxylation sites is 1. The predicted molar refractivity (Wildman–Crippen MR) is 108 cm³/mol. The van der Waals surface area contributed by atoms with Crippen molar-refractivity contribution in [3.8, 4) is 5.69 Å². The second-order valence-corrected chi connectivity index (χ2v) is 6.77. The van der Waals surface area contributed by atoms with Crippen LogP contribution in [0.15, 0.2) is 66.9 Å². The van der Waals surface area contributed by atoms with Gasteiger partial charge in [0.1, 0.15) is 11.2 Å². The quantitative estimate of drug-likeness (QED) is 0.446. The molecule has 10 heteroatoms. The van der Waals surface area contributed by atoms with Crippen molar-refractivity contribution in [1.29, 1.82) is 0 Å². The second-order valence-electron chi connectivity index (χ2n) is 6.77. The zero-order chi connectivity index (χ0) is 21.6. The maximum Gasteiger partial charge on any atom is 0.433 e. The highest BCUT2D eigenvalue weighted by Crippen LogP contribution is 2.30. The molecule has 0 saturated carbocycles. The minimum Gasteiger partial charge on any atom is -0.319 e. The Kier molecular flexibility index (Phi) is 4.21. The summed E-state index contributed by atoms with van der Waals surface area (Å²) in [6.07, 6.45) is -3.06. The van der Waals surface area contributed by atoms with Crippen LogP contribution in [0.3, 0.4) is 0 Å². The first-order valence-corrected chi connectivity index (χ1v) is 9.17. The largest absolute Gasteiger partial charge is 0.433 e. The third-order valence-electron chi connectivity index (χ3n) is 4.71. The van der Waals surface area contributed by atoms with Gasteiger partial charge in [-0.2, -0.15) is 18.3 Å². The fourth-order valence-electron chi connectivity index (χ4n) is 3.29. The first kappa shape index (κ1) is 18.8. The smallest absolute Gasteiger partial charge is 0.319 e. The molecule has 3 heterocycles. The van der Waals surface area contributed by atoms with E-state index in [2.05, 4.69) is 25.5 Å². The number of H-pyrrole nitrogens is 1. The highest BCUT2D eigenvalue weighted by Gasteiger charge is 2.33. The zero-order valence-corrected chi connectivity index (χ0v) is 15.7. The minimum atomic E-state index is -4.63. The number of aromatic amines is 1. The van der Waals surface area contributed by atoms with Crippen LogP contribution in [-0.2, 0) is 6.18 Å². The molecule has 0 aliphatic rings. The van der Waals surface area contributed by atoms with Crippen LogP contribution < -0.4 is 5.32 Å². The molecule has 5 aromatic rings. The number of anilines is 1. The van der Waals surface area contributed by atoms with Gasteiger partial charge in [-0.3, -0.25) is 14.5 Å². The van der Waals surface area contributed by atoms with Crippen LogP contribution in [0.2, 0.25) is 0 Å². The molecule has 7 nitrogen and oxygen atoms in total.